The molecule has 2 aromatic carbocycles. The summed E-state index contributed by atoms with van der Waals surface area (Å²) >= 11 is 0. The van der Waals surface area contributed by atoms with Crippen molar-refractivity contribution >= 4 is 47.5 Å². The monoisotopic (exact) mass is 1190 g/mol. The predicted octanol–water partition coefficient (Wildman–Crippen LogP) is 8.06. The van der Waals surface area contributed by atoms with E-state index >= 15 is 9.59 Å². The minimum absolute atomic E-state index is 0.0849. The van der Waals surface area contributed by atoms with E-state index in [1.807, 2.05) is 138 Å². The van der Waals surface area contributed by atoms with Crippen LogP contribution in [-0.2, 0) is 96.1 Å². The Morgan fingerprint density at radius 2 is 0.663 bits per heavy atom. The molecule has 5 rings (SSSR count). The van der Waals surface area contributed by atoms with Gasteiger partial charge in [-0.2, -0.15) is 10.2 Å². The highest BCUT2D eigenvalue weighted by Gasteiger charge is 2.43. The van der Waals surface area contributed by atoms with Gasteiger partial charge in [0.15, 0.2) is 24.4 Å². The maximum Gasteiger partial charge on any atom is 0.329 e. The van der Waals surface area contributed by atoms with Gasteiger partial charge in [0.05, 0.1) is 25.5 Å². The Morgan fingerprint density at radius 3 is 0.942 bits per heavy atom. The molecule has 1 saturated heterocycles. The zero-order chi connectivity index (χ0) is 63.7. The van der Waals surface area contributed by atoms with E-state index in [0.29, 0.717) is 24.2 Å². The summed E-state index contributed by atoms with van der Waals surface area (Å²) in [6.07, 6.45) is 5.54. The molecule has 1 aliphatic heterocycles. The van der Waals surface area contributed by atoms with Gasteiger partial charge in [0.25, 0.3) is 23.6 Å². The van der Waals surface area contributed by atoms with Crippen LogP contribution in [-0.4, -0.2) is 163 Å². The fourth-order valence-electron chi connectivity index (χ4n) is 10.7. The van der Waals surface area contributed by atoms with Crippen LogP contribution in [0.1, 0.15) is 155 Å². The molecular formula is C66H96N8O12. The van der Waals surface area contributed by atoms with Gasteiger partial charge in [-0.3, -0.25) is 28.5 Å². The van der Waals surface area contributed by atoms with Crippen LogP contribution in [0.15, 0.2) is 73.3 Å². The quantitative estimate of drug-likeness (QED) is 0.0603. The molecule has 0 bridgehead atoms. The lowest BCUT2D eigenvalue weighted by atomic mass is 9.99. The number of ether oxygens (including phenoxy) is 4. The zero-order valence-corrected chi connectivity index (χ0v) is 53.8. The lowest BCUT2D eigenvalue weighted by molar-refractivity contribution is -0.176. The average Bonchev–Trinajstić information content (AvgIpc) is 3.41. The van der Waals surface area contributed by atoms with Crippen molar-refractivity contribution in [2.45, 2.75) is 209 Å². The molecule has 0 spiro atoms. The second-order valence-electron chi connectivity index (χ2n) is 25.0. The summed E-state index contributed by atoms with van der Waals surface area (Å²) in [4.78, 5) is 123. The van der Waals surface area contributed by atoms with Crippen molar-refractivity contribution < 1.29 is 57.3 Å². The summed E-state index contributed by atoms with van der Waals surface area (Å²) in [5, 5.41) is 9.00. The van der Waals surface area contributed by atoms with E-state index < -0.39 is 96.1 Å². The molecule has 86 heavy (non-hydrogen) atoms. The number of cyclic esters (lactones) is 4. The third-order valence-electron chi connectivity index (χ3n) is 15.5. The van der Waals surface area contributed by atoms with Gasteiger partial charge < -0.3 is 38.5 Å². The molecule has 1 aliphatic rings. The van der Waals surface area contributed by atoms with Crippen molar-refractivity contribution in [2.75, 3.05) is 28.2 Å². The molecule has 20 heteroatoms. The molecule has 0 aliphatic carbocycles. The highest BCUT2D eigenvalue weighted by atomic mass is 16.6. The normalized spacial score (nSPS) is 22.5. The molecule has 0 saturated carbocycles. The first-order chi connectivity index (χ1) is 40.6. The average molecular weight is 1190 g/mol. The molecule has 0 radical (unpaired) electrons. The first kappa shape index (κ1) is 69.4. The van der Waals surface area contributed by atoms with E-state index in [9.17, 15) is 28.8 Å². The Hall–Kier alpha value is -7.38. The summed E-state index contributed by atoms with van der Waals surface area (Å²) in [6, 6.07) is 9.75. The van der Waals surface area contributed by atoms with Crippen LogP contribution >= 0.6 is 0 Å². The molecule has 0 unspecified atom stereocenters. The molecule has 3 heterocycles. The highest BCUT2D eigenvalue weighted by Crippen LogP contribution is 2.25. The minimum atomic E-state index is -1.53. The molecule has 1 fully saturated rings. The van der Waals surface area contributed by atoms with Crippen LogP contribution in [0.25, 0.3) is 0 Å². The van der Waals surface area contributed by atoms with Gasteiger partial charge in [0.1, 0.15) is 24.2 Å². The topological polar surface area (TPSA) is 222 Å². The number of amides is 4. The van der Waals surface area contributed by atoms with Gasteiger partial charge in [0.2, 0.25) is 0 Å². The number of aromatic nitrogens is 4. The van der Waals surface area contributed by atoms with Crippen LogP contribution in [0.5, 0.6) is 0 Å². The van der Waals surface area contributed by atoms with E-state index in [1.54, 1.807) is 0 Å². The van der Waals surface area contributed by atoms with Crippen LogP contribution in [0.2, 0.25) is 0 Å². The van der Waals surface area contributed by atoms with Gasteiger partial charge in [-0.25, -0.2) is 19.2 Å². The Balaban J connectivity index is 1.57. The smallest absolute Gasteiger partial charge is 0.329 e. The second-order valence-corrected chi connectivity index (χ2v) is 25.0. The van der Waals surface area contributed by atoms with Crippen molar-refractivity contribution in [3.05, 3.63) is 107 Å². The Morgan fingerprint density at radius 1 is 0.395 bits per heavy atom. The fourth-order valence-corrected chi connectivity index (χ4v) is 10.7. The van der Waals surface area contributed by atoms with Crippen molar-refractivity contribution in [3.8, 4) is 0 Å². The zero-order valence-electron chi connectivity index (χ0n) is 53.8. The number of rotatable bonds is 20. The molecular weight excluding hydrogens is 1100 g/mol. The molecule has 2 aromatic heterocycles. The number of carbonyl (C=O) groups is 8. The molecule has 4 amide bonds. The first-order valence-corrected chi connectivity index (χ1v) is 30.7. The van der Waals surface area contributed by atoms with Crippen LogP contribution < -0.4 is 0 Å². The van der Waals surface area contributed by atoms with Crippen molar-refractivity contribution in [1.29, 1.82) is 0 Å². The van der Waals surface area contributed by atoms with Gasteiger partial charge >= 0.3 is 23.9 Å². The highest BCUT2D eigenvalue weighted by molar-refractivity contribution is 5.94. The largest absolute Gasteiger partial charge is 0.451 e. The van der Waals surface area contributed by atoms with E-state index in [0.717, 1.165) is 57.7 Å². The Labute approximate surface area is 509 Å². The van der Waals surface area contributed by atoms with Gasteiger partial charge in [-0.05, 0) is 109 Å². The SMILES string of the molecule is CCCc1cnn(Cc2ccc(C[C@H]3OC(=O)[C@H](CC(C)C)N(C)C(=O)[C@@H](C)OC(=O)[C@H](CC(C)C)N(C)C(=O)[C@@H](Cc4ccc(Cn5cc(CCC)cn5)cc4)OC(=O)[C@H](CC(C)C)N(C)C(=O)[C@@H](C)OC(=O)[C@H](CC(C)C)N(C)C3=O)cc2)c1. The van der Waals surface area contributed by atoms with Gasteiger partial charge in [-0.15, -0.1) is 0 Å². The number of likely N-dealkylation sites (N-methyl/N-ethyl adjacent to an activating group) is 4. The van der Waals surface area contributed by atoms with Crippen molar-refractivity contribution in [3.63, 3.8) is 0 Å². The number of hydrogen-bond acceptors (Lipinski definition) is 14. The third kappa shape index (κ3) is 19.8. The van der Waals surface area contributed by atoms with Crippen LogP contribution in [0.4, 0.5) is 0 Å². The standard InChI is InChI=1S/C66H96N8O12/c1-17-19-51-35-67-73(39-51)37-49-25-21-47(22-26-49)33-57-61(77)71(15)53(29-41(3)4)63(79)83-46(12)60(76)70(14)56(32-44(9)10)66(82)86-58(34-48-23-27-50(28-24-48)38-74-40-52(20-18-2)36-68-74)62(78)72(16)54(30-42(5)6)64(80)84-45(11)59(75)69(13)55(31-43(7)8)65(81)85-57/h21-28,35-36,39-46,53-58H,17-20,29-34,37-38H2,1-16H3/t45-,46-,53+,54+,55+,56+,57-,58-/m1/s1. The summed E-state index contributed by atoms with van der Waals surface area (Å²) in [5.74, 6) is -7.39. The fraction of sp³-hybridized carbons (Fsp3) is 0.606. The summed E-state index contributed by atoms with van der Waals surface area (Å²) in [5.41, 5.74) is 5.37. The lowest BCUT2D eigenvalue weighted by Crippen LogP contribution is -2.55. The number of hydrogen-bond donors (Lipinski definition) is 0. The van der Waals surface area contributed by atoms with Crippen molar-refractivity contribution in [1.82, 2.24) is 39.2 Å². The van der Waals surface area contributed by atoms with E-state index in [4.69, 9.17) is 18.9 Å². The summed E-state index contributed by atoms with van der Waals surface area (Å²) in [6.45, 7) is 22.8. The lowest BCUT2D eigenvalue weighted by Gasteiger charge is -2.35. The van der Waals surface area contributed by atoms with Gasteiger partial charge in [0, 0.05) is 53.4 Å². The van der Waals surface area contributed by atoms with E-state index in [2.05, 4.69) is 24.0 Å². The van der Waals surface area contributed by atoms with Gasteiger partial charge in [-0.1, -0.05) is 131 Å². The molecule has 472 valence electrons. The minimum Gasteiger partial charge on any atom is -0.451 e. The Bertz CT molecular complexity index is 2690. The number of benzene rings is 2. The maximum absolute atomic E-state index is 15.1. The van der Waals surface area contributed by atoms with Crippen LogP contribution in [0.3, 0.4) is 0 Å². The number of carbonyl (C=O) groups excluding carboxylic acids is 8. The molecule has 4 aromatic rings. The third-order valence-corrected chi connectivity index (χ3v) is 15.5. The van der Waals surface area contributed by atoms with E-state index in [1.165, 1.54) is 51.8 Å². The number of esters is 4. The molecule has 8 atom stereocenters. The molecule has 20 nitrogen and oxygen atoms in total. The maximum atomic E-state index is 15.1. The van der Waals surface area contributed by atoms with E-state index in [-0.39, 0.29) is 62.2 Å². The molecule has 0 N–H and O–H groups in total. The summed E-state index contributed by atoms with van der Waals surface area (Å²) < 4.78 is 28.0. The number of aryl methyl sites for hydroxylation is 2. The van der Waals surface area contributed by atoms with Crippen molar-refractivity contribution in [2.24, 2.45) is 23.7 Å². The predicted molar refractivity (Wildman–Crippen MR) is 326 cm³/mol. The first-order valence-electron chi connectivity index (χ1n) is 30.7. The summed E-state index contributed by atoms with van der Waals surface area (Å²) in [7, 11) is 5.61. The Kier molecular flexibility index (Phi) is 26.1. The van der Waals surface area contributed by atoms with Crippen LogP contribution in [0, 0.1) is 23.7 Å². The number of nitrogens with zero attached hydrogens (tertiary/aromatic N) is 8. The second kappa shape index (κ2) is 32.4.